The lowest BCUT2D eigenvalue weighted by Gasteiger charge is -2.27. The minimum absolute atomic E-state index is 0.852. The molecule has 1 aliphatic heterocycles. The van der Waals surface area contributed by atoms with Gasteiger partial charge in [0.15, 0.2) is 5.82 Å². The number of rotatable bonds is 3. The molecule has 5 nitrogen and oxygen atoms in total. The zero-order chi connectivity index (χ0) is 14.9. The van der Waals surface area contributed by atoms with Crippen LogP contribution in [0.5, 0.6) is 0 Å². The Morgan fingerprint density at radius 3 is 3.14 bits per heavy atom. The molecule has 4 rings (SSSR count). The second kappa shape index (κ2) is 5.62. The molecule has 22 heavy (non-hydrogen) atoms. The van der Waals surface area contributed by atoms with Crippen molar-refractivity contribution in [3.8, 4) is 10.7 Å². The summed E-state index contributed by atoms with van der Waals surface area (Å²) in [6.07, 6.45) is 2.96. The number of hydrogen-bond donors (Lipinski definition) is 1. The highest BCUT2D eigenvalue weighted by Crippen LogP contribution is 2.24. The van der Waals surface area contributed by atoms with Crippen LogP contribution in [-0.4, -0.2) is 31.6 Å². The Hall–Kier alpha value is -2.05. The summed E-state index contributed by atoms with van der Waals surface area (Å²) in [6.45, 7) is 4.81. The predicted octanol–water partition coefficient (Wildman–Crippen LogP) is 2.79. The van der Waals surface area contributed by atoms with E-state index in [9.17, 15) is 0 Å². The quantitative estimate of drug-likeness (QED) is 0.808. The van der Waals surface area contributed by atoms with Gasteiger partial charge in [0, 0.05) is 43.5 Å². The normalized spacial score (nSPS) is 15.0. The Balaban J connectivity index is 1.52. The molecule has 0 unspecified atom stereocenters. The van der Waals surface area contributed by atoms with Gasteiger partial charge >= 0.3 is 0 Å². The van der Waals surface area contributed by atoms with Gasteiger partial charge in [-0.2, -0.15) is 5.10 Å². The summed E-state index contributed by atoms with van der Waals surface area (Å²) in [4.78, 5) is 12.8. The maximum absolute atomic E-state index is 4.75. The summed E-state index contributed by atoms with van der Waals surface area (Å²) >= 11 is 1.68. The summed E-state index contributed by atoms with van der Waals surface area (Å²) in [7, 11) is 0. The average Bonchev–Trinajstić information content (AvgIpc) is 3.19. The van der Waals surface area contributed by atoms with Crippen LogP contribution in [0, 0.1) is 6.92 Å². The lowest BCUT2D eigenvalue weighted by atomic mass is 10.1. The van der Waals surface area contributed by atoms with E-state index in [1.165, 1.54) is 11.3 Å². The van der Waals surface area contributed by atoms with Gasteiger partial charge in [0.1, 0.15) is 0 Å². The van der Waals surface area contributed by atoms with Gasteiger partial charge in [-0.05, 0) is 24.4 Å². The highest BCUT2D eigenvalue weighted by Gasteiger charge is 2.19. The number of nitrogens with one attached hydrogen (secondary N) is 1. The van der Waals surface area contributed by atoms with Gasteiger partial charge in [-0.25, -0.2) is 9.97 Å². The molecular weight excluding hydrogens is 294 g/mol. The minimum atomic E-state index is 0.852. The molecular formula is C16H17N5S. The van der Waals surface area contributed by atoms with Gasteiger partial charge in [-0.15, -0.1) is 11.3 Å². The van der Waals surface area contributed by atoms with Crippen molar-refractivity contribution in [3.05, 3.63) is 52.4 Å². The molecule has 0 aliphatic carbocycles. The summed E-state index contributed by atoms with van der Waals surface area (Å²) in [6, 6.07) is 6.21. The van der Waals surface area contributed by atoms with Crippen LogP contribution in [0.1, 0.15) is 22.6 Å². The number of thiophene rings is 1. The number of nitrogens with zero attached hydrogens (tertiary/aromatic N) is 4. The molecule has 0 aromatic carbocycles. The fourth-order valence-corrected chi connectivity index (χ4v) is 3.48. The van der Waals surface area contributed by atoms with Crippen LogP contribution in [0.15, 0.2) is 29.8 Å². The van der Waals surface area contributed by atoms with E-state index in [-0.39, 0.29) is 0 Å². The Morgan fingerprint density at radius 1 is 1.41 bits per heavy atom. The first-order valence-corrected chi connectivity index (χ1v) is 8.28. The van der Waals surface area contributed by atoms with Gasteiger partial charge in [0.05, 0.1) is 16.3 Å². The number of H-pyrrole nitrogens is 1. The third kappa shape index (κ3) is 2.67. The maximum atomic E-state index is 4.75. The number of hydrogen-bond acceptors (Lipinski definition) is 5. The van der Waals surface area contributed by atoms with Crippen LogP contribution < -0.4 is 0 Å². The summed E-state index contributed by atoms with van der Waals surface area (Å²) in [5.74, 6) is 0.852. The largest absolute Gasteiger partial charge is 0.293 e. The standard InChI is InChI=1S/C16H17N5S/c1-11-7-13(20-19-11)10-21-5-4-14-12(9-21)8-17-16(18-14)15-3-2-6-22-15/h2-3,6-8H,4-5,9-10H2,1H3,(H,19,20). The highest BCUT2D eigenvalue weighted by atomic mass is 32.1. The third-order valence-corrected chi connectivity index (χ3v) is 4.76. The first-order chi connectivity index (χ1) is 10.8. The van der Waals surface area contributed by atoms with Crippen molar-refractivity contribution >= 4 is 11.3 Å². The number of aromatic nitrogens is 4. The molecule has 1 aliphatic rings. The zero-order valence-electron chi connectivity index (χ0n) is 12.4. The molecule has 3 aromatic heterocycles. The molecule has 0 saturated carbocycles. The lowest BCUT2D eigenvalue weighted by Crippen LogP contribution is -2.31. The van der Waals surface area contributed by atoms with Crippen molar-refractivity contribution in [2.24, 2.45) is 0 Å². The monoisotopic (exact) mass is 311 g/mol. The van der Waals surface area contributed by atoms with E-state index in [1.54, 1.807) is 11.3 Å². The summed E-state index contributed by atoms with van der Waals surface area (Å²) < 4.78 is 0. The molecule has 0 atom stereocenters. The molecule has 1 N–H and O–H groups in total. The van der Waals surface area contributed by atoms with Crippen LogP contribution in [0.4, 0.5) is 0 Å². The van der Waals surface area contributed by atoms with Gasteiger partial charge in [0.2, 0.25) is 0 Å². The first-order valence-electron chi connectivity index (χ1n) is 7.40. The van der Waals surface area contributed by atoms with Gasteiger partial charge in [0.25, 0.3) is 0 Å². The number of aryl methyl sites for hydroxylation is 1. The first kappa shape index (κ1) is 13.6. The minimum Gasteiger partial charge on any atom is -0.293 e. The Morgan fingerprint density at radius 2 is 2.36 bits per heavy atom. The van der Waals surface area contributed by atoms with Crippen molar-refractivity contribution in [2.75, 3.05) is 6.54 Å². The van der Waals surface area contributed by atoms with Gasteiger partial charge < -0.3 is 0 Å². The van der Waals surface area contributed by atoms with E-state index in [0.717, 1.165) is 48.1 Å². The van der Waals surface area contributed by atoms with Crippen molar-refractivity contribution in [2.45, 2.75) is 26.4 Å². The molecule has 4 heterocycles. The van der Waals surface area contributed by atoms with E-state index >= 15 is 0 Å². The van der Waals surface area contributed by atoms with Crippen LogP contribution >= 0.6 is 11.3 Å². The number of fused-ring (bicyclic) bond motifs is 1. The van der Waals surface area contributed by atoms with Crippen molar-refractivity contribution in [1.82, 2.24) is 25.1 Å². The van der Waals surface area contributed by atoms with Crippen molar-refractivity contribution < 1.29 is 0 Å². The second-order valence-corrected chi connectivity index (χ2v) is 6.59. The van der Waals surface area contributed by atoms with Crippen molar-refractivity contribution in [1.29, 1.82) is 0 Å². The Bertz CT molecular complexity index is 778. The van der Waals surface area contributed by atoms with E-state index in [0.29, 0.717) is 0 Å². The fraction of sp³-hybridized carbons (Fsp3) is 0.312. The van der Waals surface area contributed by atoms with Crippen LogP contribution in [-0.2, 0) is 19.5 Å². The van der Waals surface area contributed by atoms with Gasteiger partial charge in [-0.3, -0.25) is 10.00 Å². The zero-order valence-corrected chi connectivity index (χ0v) is 13.2. The van der Waals surface area contributed by atoms with Crippen LogP contribution in [0.2, 0.25) is 0 Å². The molecule has 112 valence electrons. The third-order valence-electron chi connectivity index (χ3n) is 3.90. The maximum Gasteiger partial charge on any atom is 0.169 e. The fourth-order valence-electron chi connectivity index (χ4n) is 2.82. The SMILES string of the molecule is Cc1cc(CN2CCc3nc(-c4cccs4)ncc3C2)n[nH]1. The lowest BCUT2D eigenvalue weighted by molar-refractivity contribution is 0.240. The van der Waals surface area contributed by atoms with E-state index in [4.69, 9.17) is 4.98 Å². The molecule has 0 fully saturated rings. The summed E-state index contributed by atoms with van der Waals surface area (Å²) in [5, 5.41) is 9.38. The molecule has 0 radical (unpaired) electrons. The molecule has 0 saturated heterocycles. The van der Waals surface area contributed by atoms with Crippen molar-refractivity contribution in [3.63, 3.8) is 0 Å². The molecule has 0 bridgehead atoms. The van der Waals surface area contributed by atoms with E-state index in [2.05, 4.69) is 37.6 Å². The molecule has 0 spiro atoms. The molecule has 3 aromatic rings. The second-order valence-electron chi connectivity index (χ2n) is 5.65. The van der Waals surface area contributed by atoms with Crippen LogP contribution in [0.3, 0.4) is 0 Å². The van der Waals surface area contributed by atoms with Crippen LogP contribution in [0.25, 0.3) is 10.7 Å². The molecule has 0 amide bonds. The number of aromatic amines is 1. The van der Waals surface area contributed by atoms with E-state index < -0.39 is 0 Å². The highest BCUT2D eigenvalue weighted by molar-refractivity contribution is 7.13. The average molecular weight is 311 g/mol. The van der Waals surface area contributed by atoms with Gasteiger partial charge in [-0.1, -0.05) is 6.07 Å². The predicted molar refractivity (Wildman–Crippen MR) is 86.5 cm³/mol. The Kier molecular flexibility index (Phi) is 3.48. The van der Waals surface area contributed by atoms with E-state index in [1.807, 2.05) is 19.2 Å². The smallest absolute Gasteiger partial charge is 0.169 e. The Labute approximate surface area is 133 Å². The summed E-state index contributed by atoms with van der Waals surface area (Å²) in [5.41, 5.74) is 4.63. The molecule has 6 heteroatoms. The topological polar surface area (TPSA) is 57.7 Å².